The van der Waals surface area contributed by atoms with Crippen molar-refractivity contribution in [2.75, 3.05) is 13.7 Å². The summed E-state index contributed by atoms with van der Waals surface area (Å²) in [6, 6.07) is 9.97. The average Bonchev–Trinajstić information content (AvgIpc) is 3.26. The van der Waals surface area contributed by atoms with Crippen molar-refractivity contribution in [2.24, 2.45) is 0 Å². The fraction of sp³-hybridized carbons (Fsp3) is 0.200. The zero-order valence-corrected chi connectivity index (χ0v) is 14.4. The Bertz CT molecular complexity index is 887. The normalized spacial score (nSPS) is 11.5. The molecule has 0 aliphatic rings. The lowest BCUT2D eigenvalue weighted by molar-refractivity contribution is 0.379. The number of ether oxygens (including phenoxy) is 1. The van der Waals surface area contributed by atoms with Crippen molar-refractivity contribution in [1.82, 2.24) is 14.9 Å². The number of benzene rings is 1. The maximum atomic E-state index is 12.2. The molecule has 1 aromatic carbocycles. The van der Waals surface area contributed by atoms with Crippen molar-refractivity contribution in [2.45, 2.75) is 11.3 Å². The summed E-state index contributed by atoms with van der Waals surface area (Å²) in [6.45, 7) is 0.167. The number of sulfonamides is 1. The van der Waals surface area contributed by atoms with Crippen LogP contribution < -0.4 is 9.46 Å². The summed E-state index contributed by atoms with van der Waals surface area (Å²) in [5.74, 6) is 1.50. The highest BCUT2D eigenvalue weighted by Crippen LogP contribution is 2.21. The van der Waals surface area contributed by atoms with Crippen LogP contribution in [0.3, 0.4) is 0 Å². The molecular weight excluding hydrogens is 350 g/mol. The molecule has 0 aliphatic carbocycles. The van der Waals surface area contributed by atoms with Crippen LogP contribution in [0.1, 0.15) is 5.89 Å². The summed E-state index contributed by atoms with van der Waals surface area (Å²) >= 11 is 1.51. The topological polar surface area (TPSA) is 94.3 Å². The molecule has 0 saturated carbocycles. The number of nitrogens with one attached hydrogen (secondary N) is 1. The molecule has 24 heavy (non-hydrogen) atoms. The van der Waals surface area contributed by atoms with Gasteiger partial charge in [0.15, 0.2) is 0 Å². The number of methoxy groups -OCH3 is 1. The van der Waals surface area contributed by atoms with Gasteiger partial charge in [0.25, 0.3) is 0 Å². The van der Waals surface area contributed by atoms with E-state index in [1.807, 2.05) is 17.5 Å². The summed E-state index contributed by atoms with van der Waals surface area (Å²) in [7, 11) is -2.06. The third kappa shape index (κ3) is 3.81. The molecule has 3 rings (SSSR count). The molecule has 9 heteroatoms. The van der Waals surface area contributed by atoms with E-state index >= 15 is 0 Å². The summed E-state index contributed by atoms with van der Waals surface area (Å²) < 4.78 is 37.1. The fourth-order valence-corrected chi connectivity index (χ4v) is 3.67. The Hall–Kier alpha value is -2.23. The van der Waals surface area contributed by atoms with Gasteiger partial charge in [-0.25, -0.2) is 13.1 Å². The van der Waals surface area contributed by atoms with E-state index in [4.69, 9.17) is 9.26 Å². The fourth-order valence-electron chi connectivity index (χ4n) is 1.99. The van der Waals surface area contributed by atoms with Gasteiger partial charge in [-0.3, -0.25) is 0 Å². The highest BCUT2D eigenvalue weighted by Gasteiger charge is 2.15. The van der Waals surface area contributed by atoms with Crippen molar-refractivity contribution < 1.29 is 17.7 Å². The summed E-state index contributed by atoms with van der Waals surface area (Å²) in [5.41, 5.74) is 0. The van der Waals surface area contributed by atoms with Crippen molar-refractivity contribution >= 4 is 21.4 Å². The van der Waals surface area contributed by atoms with Crippen LogP contribution in [0.5, 0.6) is 5.75 Å². The Morgan fingerprint density at radius 2 is 2.04 bits per heavy atom. The van der Waals surface area contributed by atoms with E-state index in [-0.39, 0.29) is 11.4 Å². The molecule has 0 radical (unpaired) electrons. The van der Waals surface area contributed by atoms with Gasteiger partial charge >= 0.3 is 0 Å². The zero-order valence-electron chi connectivity index (χ0n) is 12.8. The van der Waals surface area contributed by atoms with Crippen LogP contribution in [0.4, 0.5) is 0 Å². The zero-order chi connectivity index (χ0) is 17.0. The summed E-state index contributed by atoms with van der Waals surface area (Å²) in [6.07, 6.45) is 0.313. The van der Waals surface area contributed by atoms with Gasteiger partial charge in [-0.15, -0.1) is 11.3 Å². The van der Waals surface area contributed by atoms with Gasteiger partial charge in [-0.1, -0.05) is 11.2 Å². The van der Waals surface area contributed by atoms with E-state index in [1.165, 1.54) is 30.6 Å². The van der Waals surface area contributed by atoms with Crippen LogP contribution in [0, 0.1) is 0 Å². The Morgan fingerprint density at radius 3 is 2.71 bits per heavy atom. The molecule has 0 saturated heterocycles. The maximum absolute atomic E-state index is 12.2. The molecule has 7 nitrogen and oxygen atoms in total. The van der Waals surface area contributed by atoms with Crippen LogP contribution in [-0.4, -0.2) is 32.2 Å². The molecular formula is C15H15N3O4S2. The lowest BCUT2D eigenvalue weighted by Gasteiger charge is -2.06. The van der Waals surface area contributed by atoms with E-state index in [9.17, 15) is 8.42 Å². The number of nitrogens with zero attached hydrogens (tertiary/aromatic N) is 2. The van der Waals surface area contributed by atoms with Crippen LogP contribution in [0.15, 0.2) is 51.2 Å². The predicted octanol–water partition coefficient (Wildman–Crippen LogP) is 2.33. The van der Waals surface area contributed by atoms with Crippen molar-refractivity contribution in [1.29, 1.82) is 0 Å². The van der Waals surface area contributed by atoms with Gasteiger partial charge in [0.2, 0.25) is 21.7 Å². The Labute approximate surface area is 143 Å². The third-order valence-corrected chi connectivity index (χ3v) is 5.55. The standard InChI is InChI=1S/C15H15N3O4S2/c1-21-11-4-6-12(7-5-11)24(19,20)16-9-8-14-17-15(18-22-14)13-3-2-10-23-13/h2-7,10,16H,8-9H2,1H3. The van der Waals surface area contributed by atoms with Gasteiger partial charge in [0.1, 0.15) is 5.75 Å². The highest BCUT2D eigenvalue weighted by atomic mass is 32.2. The van der Waals surface area contributed by atoms with Crippen LogP contribution in [-0.2, 0) is 16.4 Å². The first-order valence-electron chi connectivity index (χ1n) is 7.09. The molecule has 0 unspecified atom stereocenters. The predicted molar refractivity (Wildman–Crippen MR) is 89.5 cm³/mol. The molecule has 0 atom stereocenters. The molecule has 0 bridgehead atoms. The number of hydrogen-bond donors (Lipinski definition) is 1. The molecule has 2 aromatic heterocycles. The third-order valence-electron chi connectivity index (χ3n) is 3.21. The van der Waals surface area contributed by atoms with E-state index in [0.29, 0.717) is 23.9 Å². The highest BCUT2D eigenvalue weighted by molar-refractivity contribution is 7.89. The second kappa shape index (κ2) is 7.12. The van der Waals surface area contributed by atoms with Gasteiger partial charge in [0.05, 0.1) is 16.9 Å². The number of rotatable bonds is 7. The minimum atomic E-state index is -3.59. The van der Waals surface area contributed by atoms with E-state index < -0.39 is 10.0 Å². The Balaban J connectivity index is 1.59. The van der Waals surface area contributed by atoms with Crippen molar-refractivity contribution in [3.05, 3.63) is 47.7 Å². The second-order valence-electron chi connectivity index (χ2n) is 4.81. The summed E-state index contributed by atoms with van der Waals surface area (Å²) in [4.78, 5) is 5.33. The molecule has 126 valence electrons. The Kier molecular flexibility index (Phi) is 4.93. The van der Waals surface area contributed by atoms with E-state index in [0.717, 1.165) is 4.88 Å². The van der Waals surface area contributed by atoms with Crippen LogP contribution in [0.2, 0.25) is 0 Å². The first kappa shape index (κ1) is 16.6. The van der Waals surface area contributed by atoms with Gasteiger partial charge in [-0.05, 0) is 35.7 Å². The maximum Gasteiger partial charge on any atom is 0.240 e. The number of thiophene rings is 1. The molecule has 0 spiro atoms. The molecule has 0 amide bonds. The minimum Gasteiger partial charge on any atom is -0.497 e. The smallest absolute Gasteiger partial charge is 0.240 e. The quantitative estimate of drug-likeness (QED) is 0.690. The lowest BCUT2D eigenvalue weighted by atomic mass is 10.3. The molecule has 0 fully saturated rings. The van der Waals surface area contributed by atoms with Crippen LogP contribution >= 0.6 is 11.3 Å². The van der Waals surface area contributed by atoms with Gasteiger partial charge < -0.3 is 9.26 Å². The van der Waals surface area contributed by atoms with Crippen LogP contribution in [0.25, 0.3) is 10.7 Å². The van der Waals surface area contributed by atoms with Crippen molar-refractivity contribution in [3.63, 3.8) is 0 Å². The van der Waals surface area contributed by atoms with Crippen molar-refractivity contribution in [3.8, 4) is 16.5 Å². The largest absolute Gasteiger partial charge is 0.497 e. The minimum absolute atomic E-state index is 0.167. The van der Waals surface area contributed by atoms with E-state index in [1.54, 1.807) is 12.1 Å². The van der Waals surface area contributed by atoms with Gasteiger partial charge in [-0.2, -0.15) is 4.98 Å². The molecule has 3 aromatic rings. The monoisotopic (exact) mass is 365 g/mol. The molecule has 2 heterocycles. The second-order valence-corrected chi connectivity index (χ2v) is 7.53. The molecule has 0 aliphatic heterocycles. The first-order valence-corrected chi connectivity index (χ1v) is 9.45. The Morgan fingerprint density at radius 1 is 1.25 bits per heavy atom. The average molecular weight is 365 g/mol. The van der Waals surface area contributed by atoms with Gasteiger partial charge in [0, 0.05) is 13.0 Å². The lowest BCUT2D eigenvalue weighted by Crippen LogP contribution is -2.26. The summed E-state index contributed by atoms with van der Waals surface area (Å²) in [5, 5.41) is 5.81. The number of aromatic nitrogens is 2. The first-order chi connectivity index (χ1) is 11.6. The SMILES string of the molecule is COc1ccc(S(=O)(=O)NCCc2nc(-c3cccs3)no2)cc1. The number of hydrogen-bond acceptors (Lipinski definition) is 7. The van der Waals surface area contributed by atoms with E-state index in [2.05, 4.69) is 14.9 Å². The molecule has 1 N–H and O–H groups in total.